The van der Waals surface area contributed by atoms with Gasteiger partial charge < -0.3 is 20.4 Å². The summed E-state index contributed by atoms with van der Waals surface area (Å²) < 4.78 is 28.6. The zero-order valence-electron chi connectivity index (χ0n) is 17.0. The molecule has 0 aliphatic carbocycles. The summed E-state index contributed by atoms with van der Waals surface area (Å²) in [5.41, 5.74) is -0.107. The molecule has 28 heavy (non-hydrogen) atoms. The number of hydrogen-bond acceptors (Lipinski definition) is 6. The quantitative estimate of drug-likeness (QED) is 0.444. The van der Waals surface area contributed by atoms with Crippen LogP contribution >= 0.6 is 0 Å². The maximum atomic E-state index is 12.0. The molecule has 0 saturated carbocycles. The molecule has 1 fully saturated rings. The van der Waals surface area contributed by atoms with Crippen molar-refractivity contribution >= 4 is 21.7 Å². The van der Waals surface area contributed by atoms with Gasteiger partial charge in [0.25, 0.3) is 0 Å². The fourth-order valence-corrected chi connectivity index (χ4v) is 4.39. The van der Waals surface area contributed by atoms with E-state index < -0.39 is 9.84 Å². The lowest BCUT2D eigenvalue weighted by Crippen LogP contribution is -2.41. The van der Waals surface area contributed by atoms with Gasteiger partial charge in [-0.15, -0.1) is 0 Å². The SMILES string of the molecule is CCNC(=NCc1ncc(C(C)(C)C)o1)NCCC(=O)NC1CCS(=O)(=O)C1. The normalized spacial score (nSPS) is 19.4. The zero-order chi connectivity index (χ0) is 20.8. The number of nitrogens with zero attached hydrogens (tertiary/aromatic N) is 2. The van der Waals surface area contributed by atoms with E-state index >= 15 is 0 Å². The third-order valence-electron chi connectivity index (χ3n) is 4.25. The lowest BCUT2D eigenvalue weighted by molar-refractivity contribution is -0.121. The smallest absolute Gasteiger partial charge is 0.222 e. The van der Waals surface area contributed by atoms with Crippen molar-refractivity contribution in [1.82, 2.24) is 20.9 Å². The van der Waals surface area contributed by atoms with Gasteiger partial charge in [-0.05, 0) is 13.3 Å². The Morgan fingerprint density at radius 1 is 1.36 bits per heavy atom. The molecular weight excluding hydrogens is 382 g/mol. The van der Waals surface area contributed by atoms with Gasteiger partial charge in [0.2, 0.25) is 11.8 Å². The molecule has 1 saturated heterocycles. The Morgan fingerprint density at radius 3 is 2.68 bits per heavy atom. The van der Waals surface area contributed by atoms with Crippen molar-refractivity contribution in [2.45, 2.75) is 58.5 Å². The van der Waals surface area contributed by atoms with Gasteiger partial charge in [0.15, 0.2) is 15.8 Å². The Hall–Kier alpha value is -2.10. The summed E-state index contributed by atoms with van der Waals surface area (Å²) in [6.45, 7) is 9.46. The molecule has 1 unspecified atom stereocenters. The van der Waals surface area contributed by atoms with E-state index in [1.807, 2.05) is 6.92 Å². The average Bonchev–Trinajstić information content (AvgIpc) is 3.19. The molecule has 10 heteroatoms. The van der Waals surface area contributed by atoms with Crippen LogP contribution in [0.15, 0.2) is 15.6 Å². The number of nitrogens with one attached hydrogen (secondary N) is 3. The van der Waals surface area contributed by atoms with E-state index in [-0.39, 0.29) is 41.8 Å². The molecule has 158 valence electrons. The largest absolute Gasteiger partial charge is 0.443 e. The minimum atomic E-state index is -3.00. The standard InChI is InChI=1S/C18H31N5O4S/c1-5-19-17(22-11-16-21-10-14(27-16)18(2,3)4)20-8-6-15(24)23-13-7-9-28(25,26)12-13/h10,13H,5-9,11-12H2,1-4H3,(H,23,24)(H2,19,20,22). The van der Waals surface area contributed by atoms with Gasteiger partial charge in [-0.1, -0.05) is 20.8 Å². The number of carbonyl (C=O) groups is 1. The Balaban J connectivity index is 1.79. The Bertz CT molecular complexity index is 795. The van der Waals surface area contributed by atoms with Crippen molar-refractivity contribution in [2.24, 2.45) is 4.99 Å². The summed E-state index contributed by atoms with van der Waals surface area (Å²) in [5, 5.41) is 8.97. The highest BCUT2D eigenvalue weighted by Gasteiger charge is 2.28. The first-order valence-electron chi connectivity index (χ1n) is 9.56. The summed E-state index contributed by atoms with van der Waals surface area (Å²) in [7, 11) is -3.00. The summed E-state index contributed by atoms with van der Waals surface area (Å²) in [6.07, 6.45) is 2.44. The number of rotatable bonds is 7. The summed E-state index contributed by atoms with van der Waals surface area (Å²) in [5.74, 6) is 1.90. The molecule has 0 spiro atoms. The van der Waals surface area contributed by atoms with Gasteiger partial charge in [-0.3, -0.25) is 4.79 Å². The minimum Gasteiger partial charge on any atom is -0.443 e. The van der Waals surface area contributed by atoms with Crippen LogP contribution in [0.3, 0.4) is 0 Å². The number of carbonyl (C=O) groups excluding carboxylic acids is 1. The van der Waals surface area contributed by atoms with Crippen LogP contribution in [0.4, 0.5) is 0 Å². The van der Waals surface area contributed by atoms with Crippen LogP contribution in [0.2, 0.25) is 0 Å². The van der Waals surface area contributed by atoms with Gasteiger partial charge in [-0.25, -0.2) is 18.4 Å². The molecular formula is C18H31N5O4S. The number of sulfone groups is 1. The van der Waals surface area contributed by atoms with Crippen LogP contribution < -0.4 is 16.0 Å². The second kappa shape index (κ2) is 9.40. The van der Waals surface area contributed by atoms with Gasteiger partial charge in [-0.2, -0.15) is 0 Å². The van der Waals surface area contributed by atoms with Crippen LogP contribution in [0.25, 0.3) is 0 Å². The summed E-state index contributed by atoms with van der Waals surface area (Å²) >= 11 is 0. The van der Waals surface area contributed by atoms with Gasteiger partial charge in [0.1, 0.15) is 12.3 Å². The van der Waals surface area contributed by atoms with Crippen molar-refractivity contribution in [3.63, 3.8) is 0 Å². The molecule has 9 nitrogen and oxygen atoms in total. The summed E-state index contributed by atoms with van der Waals surface area (Å²) in [6, 6.07) is -0.276. The number of guanidine groups is 1. The molecule has 0 aromatic carbocycles. The van der Waals surface area contributed by atoms with Gasteiger partial charge >= 0.3 is 0 Å². The lowest BCUT2D eigenvalue weighted by Gasteiger charge is -2.13. The second-order valence-corrected chi connectivity index (χ2v) is 10.1. The molecule has 1 atom stereocenters. The maximum absolute atomic E-state index is 12.0. The highest BCUT2D eigenvalue weighted by Crippen LogP contribution is 2.22. The van der Waals surface area contributed by atoms with E-state index in [9.17, 15) is 13.2 Å². The van der Waals surface area contributed by atoms with Crippen molar-refractivity contribution in [1.29, 1.82) is 0 Å². The van der Waals surface area contributed by atoms with Crippen molar-refractivity contribution < 1.29 is 17.6 Å². The van der Waals surface area contributed by atoms with Crippen LogP contribution in [0, 0.1) is 0 Å². The molecule has 1 amide bonds. The first-order chi connectivity index (χ1) is 13.1. The predicted molar refractivity (Wildman–Crippen MR) is 108 cm³/mol. The third-order valence-corrected chi connectivity index (χ3v) is 6.02. The molecule has 3 N–H and O–H groups in total. The monoisotopic (exact) mass is 413 g/mol. The predicted octanol–water partition coefficient (Wildman–Crippen LogP) is 0.721. The number of amides is 1. The molecule has 1 aromatic rings. The van der Waals surface area contributed by atoms with Crippen molar-refractivity contribution in [2.75, 3.05) is 24.6 Å². The lowest BCUT2D eigenvalue weighted by atomic mass is 9.94. The van der Waals surface area contributed by atoms with Crippen LogP contribution in [-0.4, -0.2) is 55.9 Å². The second-order valence-electron chi connectivity index (χ2n) is 7.91. The molecule has 0 radical (unpaired) electrons. The number of hydrogen-bond donors (Lipinski definition) is 3. The third kappa shape index (κ3) is 7.14. The Labute approximate surface area is 166 Å². The first kappa shape index (κ1) is 22.2. The van der Waals surface area contributed by atoms with E-state index in [0.29, 0.717) is 31.4 Å². The molecule has 1 aliphatic rings. The fourth-order valence-electron chi connectivity index (χ4n) is 2.72. The molecule has 1 aromatic heterocycles. The maximum Gasteiger partial charge on any atom is 0.222 e. The Morgan fingerprint density at radius 2 is 2.11 bits per heavy atom. The molecule has 1 aliphatic heterocycles. The van der Waals surface area contributed by atoms with Crippen LogP contribution in [-0.2, 0) is 26.6 Å². The van der Waals surface area contributed by atoms with Gasteiger partial charge in [0.05, 0.1) is 17.7 Å². The van der Waals surface area contributed by atoms with E-state index in [2.05, 4.69) is 46.7 Å². The van der Waals surface area contributed by atoms with Crippen LogP contribution in [0.1, 0.15) is 52.2 Å². The first-order valence-corrected chi connectivity index (χ1v) is 11.4. The topological polar surface area (TPSA) is 126 Å². The number of aromatic nitrogens is 1. The van der Waals surface area contributed by atoms with E-state index in [0.717, 1.165) is 5.76 Å². The number of oxazole rings is 1. The molecule has 0 bridgehead atoms. The van der Waals surface area contributed by atoms with E-state index in [4.69, 9.17) is 4.42 Å². The minimum absolute atomic E-state index is 0.0307. The van der Waals surface area contributed by atoms with Crippen molar-refractivity contribution in [3.8, 4) is 0 Å². The van der Waals surface area contributed by atoms with Crippen LogP contribution in [0.5, 0.6) is 0 Å². The molecule has 2 heterocycles. The van der Waals surface area contributed by atoms with Crippen molar-refractivity contribution in [3.05, 3.63) is 17.8 Å². The van der Waals surface area contributed by atoms with E-state index in [1.54, 1.807) is 6.20 Å². The highest BCUT2D eigenvalue weighted by atomic mass is 32.2. The average molecular weight is 414 g/mol. The zero-order valence-corrected chi connectivity index (χ0v) is 17.9. The molecule has 2 rings (SSSR count). The Kier molecular flexibility index (Phi) is 7.45. The number of aliphatic imine (C=N–C) groups is 1. The fraction of sp³-hybridized carbons (Fsp3) is 0.722. The highest BCUT2D eigenvalue weighted by molar-refractivity contribution is 7.91. The van der Waals surface area contributed by atoms with E-state index in [1.165, 1.54) is 0 Å². The summed E-state index contributed by atoms with van der Waals surface area (Å²) in [4.78, 5) is 20.7. The van der Waals surface area contributed by atoms with Gasteiger partial charge in [0, 0.05) is 31.0 Å².